The van der Waals surface area contributed by atoms with Gasteiger partial charge in [0.25, 0.3) is 0 Å². The molecule has 1 aliphatic heterocycles. The van der Waals surface area contributed by atoms with Gasteiger partial charge in [0, 0.05) is 32.0 Å². The maximum atomic E-state index is 5.53. The van der Waals surface area contributed by atoms with Crippen molar-refractivity contribution in [1.82, 2.24) is 9.88 Å². The van der Waals surface area contributed by atoms with E-state index in [1.807, 2.05) is 18.5 Å². The minimum atomic E-state index is 0.308. The first kappa shape index (κ1) is 16.6. The number of rotatable bonds is 6. The van der Waals surface area contributed by atoms with Gasteiger partial charge in [0.2, 0.25) is 6.79 Å². The minimum Gasteiger partial charge on any atom is -0.454 e. The van der Waals surface area contributed by atoms with Crippen molar-refractivity contribution in [2.24, 2.45) is 0 Å². The van der Waals surface area contributed by atoms with Crippen LogP contribution in [0.2, 0.25) is 0 Å². The molecule has 0 saturated carbocycles. The predicted octanol–water partition coefficient (Wildman–Crippen LogP) is 4.32. The molecular formula is C22H22N2O2. The SMILES string of the molecule is Cc1ccccc1CN(Cc1ccncc1)Cc1ccc2c(c1)OCO2. The molecule has 0 saturated heterocycles. The van der Waals surface area contributed by atoms with Crippen molar-refractivity contribution in [1.29, 1.82) is 0 Å². The molecule has 0 spiro atoms. The number of aromatic nitrogens is 1. The Bertz CT molecular complexity index is 880. The lowest BCUT2D eigenvalue weighted by molar-refractivity contribution is 0.174. The van der Waals surface area contributed by atoms with Crippen LogP contribution >= 0.6 is 0 Å². The smallest absolute Gasteiger partial charge is 0.231 e. The summed E-state index contributed by atoms with van der Waals surface area (Å²) in [7, 11) is 0. The van der Waals surface area contributed by atoms with Crippen LogP contribution in [-0.4, -0.2) is 16.7 Å². The van der Waals surface area contributed by atoms with Crippen LogP contribution in [0.15, 0.2) is 67.0 Å². The maximum absolute atomic E-state index is 5.53. The van der Waals surface area contributed by atoms with Gasteiger partial charge in [-0.2, -0.15) is 0 Å². The van der Waals surface area contributed by atoms with E-state index in [1.54, 1.807) is 0 Å². The Hall–Kier alpha value is -2.85. The van der Waals surface area contributed by atoms with Crippen LogP contribution in [-0.2, 0) is 19.6 Å². The Kier molecular flexibility index (Phi) is 4.84. The average Bonchev–Trinajstić information content (AvgIpc) is 3.12. The van der Waals surface area contributed by atoms with E-state index in [9.17, 15) is 0 Å². The highest BCUT2D eigenvalue weighted by atomic mass is 16.7. The number of pyridine rings is 1. The highest BCUT2D eigenvalue weighted by Crippen LogP contribution is 2.33. The second-order valence-corrected chi connectivity index (χ2v) is 6.61. The van der Waals surface area contributed by atoms with Gasteiger partial charge >= 0.3 is 0 Å². The molecule has 2 heterocycles. The molecule has 0 fully saturated rings. The molecule has 0 N–H and O–H groups in total. The van der Waals surface area contributed by atoms with Crippen LogP contribution in [0.3, 0.4) is 0 Å². The van der Waals surface area contributed by atoms with Gasteiger partial charge in [0.05, 0.1) is 0 Å². The molecule has 0 radical (unpaired) electrons. The molecule has 2 aromatic carbocycles. The summed E-state index contributed by atoms with van der Waals surface area (Å²) >= 11 is 0. The summed E-state index contributed by atoms with van der Waals surface area (Å²) in [6.07, 6.45) is 3.70. The summed E-state index contributed by atoms with van der Waals surface area (Å²) in [6, 6.07) is 18.9. The maximum Gasteiger partial charge on any atom is 0.231 e. The van der Waals surface area contributed by atoms with Crippen molar-refractivity contribution in [2.45, 2.75) is 26.6 Å². The zero-order valence-electron chi connectivity index (χ0n) is 14.9. The molecule has 1 aromatic heterocycles. The molecule has 1 aliphatic rings. The van der Waals surface area contributed by atoms with E-state index in [-0.39, 0.29) is 0 Å². The highest BCUT2D eigenvalue weighted by Gasteiger charge is 2.15. The summed E-state index contributed by atoms with van der Waals surface area (Å²) in [6.45, 7) is 5.07. The molecule has 132 valence electrons. The first-order chi connectivity index (χ1) is 12.8. The molecule has 0 amide bonds. The van der Waals surface area contributed by atoms with E-state index in [2.05, 4.69) is 65.3 Å². The number of benzene rings is 2. The fourth-order valence-electron chi connectivity index (χ4n) is 3.24. The van der Waals surface area contributed by atoms with Gasteiger partial charge in [-0.3, -0.25) is 9.88 Å². The molecule has 0 atom stereocenters. The predicted molar refractivity (Wildman–Crippen MR) is 101 cm³/mol. The van der Waals surface area contributed by atoms with E-state index >= 15 is 0 Å². The van der Waals surface area contributed by atoms with Crippen molar-refractivity contribution in [3.05, 3.63) is 89.2 Å². The molecule has 0 aliphatic carbocycles. The molecule has 4 heteroatoms. The van der Waals surface area contributed by atoms with Gasteiger partial charge in [-0.25, -0.2) is 0 Å². The number of aryl methyl sites for hydroxylation is 1. The van der Waals surface area contributed by atoms with E-state index < -0.39 is 0 Å². The second kappa shape index (κ2) is 7.58. The number of nitrogens with zero attached hydrogens (tertiary/aromatic N) is 2. The third kappa shape index (κ3) is 3.86. The summed E-state index contributed by atoms with van der Waals surface area (Å²) in [5.74, 6) is 1.66. The molecule has 4 rings (SSSR count). The van der Waals surface area contributed by atoms with Crippen LogP contribution in [0.1, 0.15) is 22.3 Å². The van der Waals surface area contributed by atoms with Crippen LogP contribution in [0.5, 0.6) is 11.5 Å². The van der Waals surface area contributed by atoms with Crippen molar-refractivity contribution in [2.75, 3.05) is 6.79 Å². The lowest BCUT2D eigenvalue weighted by atomic mass is 10.1. The minimum absolute atomic E-state index is 0.308. The van der Waals surface area contributed by atoms with Gasteiger partial charge in [0.1, 0.15) is 0 Å². The molecule has 3 aromatic rings. The lowest BCUT2D eigenvalue weighted by Gasteiger charge is -2.23. The zero-order valence-corrected chi connectivity index (χ0v) is 14.9. The molecule has 4 nitrogen and oxygen atoms in total. The third-order valence-corrected chi connectivity index (χ3v) is 4.65. The average molecular weight is 346 g/mol. The lowest BCUT2D eigenvalue weighted by Crippen LogP contribution is -2.22. The summed E-state index contributed by atoms with van der Waals surface area (Å²) < 4.78 is 11.0. The van der Waals surface area contributed by atoms with Crippen molar-refractivity contribution in [3.63, 3.8) is 0 Å². The summed E-state index contributed by atoms with van der Waals surface area (Å²) in [5.41, 5.74) is 5.14. The van der Waals surface area contributed by atoms with Gasteiger partial charge < -0.3 is 9.47 Å². The normalized spacial score (nSPS) is 12.5. The monoisotopic (exact) mass is 346 g/mol. The third-order valence-electron chi connectivity index (χ3n) is 4.65. The van der Waals surface area contributed by atoms with Crippen molar-refractivity contribution < 1.29 is 9.47 Å². The highest BCUT2D eigenvalue weighted by molar-refractivity contribution is 5.44. The molecule has 26 heavy (non-hydrogen) atoms. The van der Waals surface area contributed by atoms with Gasteiger partial charge in [-0.1, -0.05) is 30.3 Å². The Morgan fingerprint density at radius 1 is 0.846 bits per heavy atom. The molecule has 0 unspecified atom stereocenters. The van der Waals surface area contributed by atoms with Crippen molar-refractivity contribution in [3.8, 4) is 11.5 Å². The summed E-state index contributed by atoms with van der Waals surface area (Å²) in [5, 5.41) is 0. The van der Waals surface area contributed by atoms with Gasteiger partial charge in [-0.15, -0.1) is 0 Å². The van der Waals surface area contributed by atoms with Crippen LogP contribution in [0.25, 0.3) is 0 Å². The van der Waals surface area contributed by atoms with E-state index in [0.29, 0.717) is 6.79 Å². The first-order valence-electron chi connectivity index (χ1n) is 8.82. The Labute approximate surface area is 154 Å². The van der Waals surface area contributed by atoms with E-state index in [4.69, 9.17) is 9.47 Å². The van der Waals surface area contributed by atoms with Crippen LogP contribution in [0, 0.1) is 6.92 Å². The second-order valence-electron chi connectivity index (χ2n) is 6.61. The molecule has 0 bridgehead atoms. The van der Waals surface area contributed by atoms with Gasteiger partial charge in [0.15, 0.2) is 11.5 Å². The number of fused-ring (bicyclic) bond motifs is 1. The van der Waals surface area contributed by atoms with E-state index in [1.165, 1.54) is 22.3 Å². The topological polar surface area (TPSA) is 34.6 Å². The molecular weight excluding hydrogens is 324 g/mol. The number of hydrogen-bond donors (Lipinski definition) is 0. The largest absolute Gasteiger partial charge is 0.454 e. The van der Waals surface area contributed by atoms with Crippen LogP contribution in [0.4, 0.5) is 0 Å². The summed E-state index contributed by atoms with van der Waals surface area (Å²) in [4.78, 5) is 6.56. The Morgan fingerprint density at radius 2 is 1.62 bits per heavy atom. The zero-order chi connectivity index (χ0) is 17.8. The fourth-order valence-corrected chi connectivity index (χ4v) is 3.24. The number of ether oxygens (including phenoxy) is 2. The Balaban J connectivity index is 1.56. The van der Waals surface area contributed by atoms with Gasteiger partial charge in [-0.05, 0) is 53.4 Å². The fraction of sp³-hybridized carbons (Fsp3) is 0.227. The Morgan fingerprint density at radius 3 is 2.46 bits per heavy atom. The van der Waals surface area contributed by atoms with Crippen LogP contribution < -0.4 is 9.47 Å². The number of hydrogen-bond acceptors (Lipinski definition) is 4. The quantitative estimate of drug-likeness (QED) is 0.666. The standard InChI is InChI=1S/C22H22N2O2/c1-17-4-2-3-5-20(17)15-24(13-18-8-10-23-11-9-18)14-19-6-7-21-22(12-19)26-16-25-21/h2-12H,13-16H2,1H3. The first-order valence-corrected chi connectivity index (χ1v) is 8.82. The van der Waals surface area contributed by atoms with Crippen molar-refractivity contribution >= 4 is 0 Å². The van der Waals surface area contributed by atoms with E-state index in [0.717, 1.165) is 31.1 Å².